The van der Waals surface area contributed by atoms with E-state index in [0.717, 1.165) is 41.3 Å². The number of fused-ring (bicyclic) bond motifs is 1. The largest absolute Gasteiger partial charge is 0.456 e. The van der Waals surface area contributed by atoms with Gasteiger partial charge >= 0.3 is 0 Å². The van der Waals surface area contributed by atoms with Gasteiger partial charge in [-0.1, -0.05) is 24.6 Å². The molecule has 0 aliphatic rings. The van der Waals surface area contributed by atoms with Crippen LogP contribution in [0.1, 0.15) is 26.0 Å². The number of furan rings is 1. The fraction of sp³-hybridized carbons (Fsp3) is 0.333. The van der Waals surface area contributed by atoms with Crippen molar-refractivity contribution in [1.82, 2.24) is 5.32 Å². The fourth-order valence-corrected chi connectivity index (χ4v) is 2.06. The fourth-order valence-electron chi connectivity index (χ4n) is 1.88. The Bertz CT molecular complexity index is 557. The highest BCUT2D eigenvalue weighted by atomic mass is 35.5. The summed E-state index contributed by atoms with van der Waals surface area (Å²) in [4.78, 5) is 0. The number of rotatable bonds is 5. The Kier molecular flexibility index (Phi) is 4.45. The van der Waals surface area contributed by atoms with Gasteiger partial charge in [-0.25, -0.2) is 0 Å². The van der Waals surface area contributed by atoms with Crippen LogP contribution in [0.4, 0.5) is 0 Å². The number of allylic oxidation sites excluding steroid dienone is 1. The first-order chi connectivity index (χ1) is 8.70. The molecule has 0 saturated heterocycles. The van der Waals surface area contributed by atoms with Crippen LogP contribution in [0, 0.1) is 0 Å². The lowest BCUT2D eigenvalue weighted by molar-refractivity contribution is 0.598. The van der Waals surface area contributed by atoms with E-state index in [1.165, 1.54) is 5.57 Å². The second kappa shape index (κ2) is 6.07. The zero-order chi connectivity index (χ0) is 13.0. The SMILES string of the molecule is CCNCC/C=C(/C)c1cc2cc(Cl)ccc2o1. The Balaban J connectivity index is 2.15. The van der Waals surface area contributed by atoms with Gasteiger partial charge in [0.1, 0.15) is 11.3 Å². The van der Waals surface area contributed by atoms with Crippen molar-refractivity contribution in [3.8, 4) is 0 Å². The Morgan fingerprint density at radius 3 is 3.00 bits per heavy atom. The van der Waals surface area contributed by atoms with Gasteiger partial charge in [0.15, 0.2) is 0 Å². The third-order valence-electron chi connectivity index (χ3n) is 2.89. The molecule has 1 N–H and O–H groups in total. The third-order valence-corrected chi connectivity index (χ3v) is 3.12. The van der Waals surface area contributed by atoms with E-state index in [1.54, 1.807) is 0 Å². The summed E-state index contributed by atoms with van der Waals surface area (Å²) < 4.78 is 5.79. The van der Waals surface area contributed by atoms with Crippen molar-refractivity contribution in [3.63, 3.8) is 0 Å². The van der Waals surface area contributed by atoms with E-state index in [2.05, 4.69) is 25.2 Å². The zero-order valence-electron chi connectivity index (χ0n) is 10.8. The standard InChI is InChI=1S/C15H18ClNO/c1-3-17-8-4-5-11(2)15-10-12-9-13(16)6-7-14(12)18-15/h5-7,9-10,17H,3-4,8H2,1-2H3/b11-5-. The lowest BCUT2D eigenvalue weighted by Crippen LogP contribution is -2.12. The molecule has 3 heteroatoms. The van der Waals surface area contributed by atoms with Crippen LogP contribution < -0.4 is 5.32 Å². The molecule has 0 saturated carbocycles. The Morgan fingerprint density at radius 2 is 2.22 bits per heavy atom. The van der Waals surface area contributed by atoms with Crippen LogP contribution in [-0.4, -0.2) is 13.1 Å². The van der Waals surface area contributed by atoms with E-state index in [-0.39, 0.29) is 0 Å². The van der Waals surface area contributed by atoms with E-state index < -0.39 is 0 Å². The van der Waals surface area contributed by atoms with Crippen molar-refractivity contribution in [1.29, 1.82) is 0 Å². The molecule has 1 aromatic heterocycles. The molecule has 0 fully saturated rings. The minimum atomic E-state index is 0.739. The minimum Gasteiger partial charge on any atom is -0.456 e. The van der Waals surface area contributed by atoms with Crippen molar-refractivity contribution in [2.45, 2.75) is 20.3 Å². The van der Waals surface area contributed by atoms with Crippen molar-refractivity contribution in [3.05, 3.63) is 41.1 Å². The molecule has 2 nitrogen and oxygen atoms in total. The molecule has 2 rings (SSSR count). The third kappa shape index (κ3) is 3.15. The van der Waals surface area contributed by atoms with Crippen LogP contribution >= 0.6 is 11.6 Å². The van der Waals surface area contributed by atoms with Gasteiger partial charge in [0.2, 0.25) is 0 Å². The van der Waals surface area contributed by atoms with E-state index >= 15 is 0 Å². The van der Waals surface area contributed by atoms with Crippen LogP contribution in [0.2, 0.25) is 5.02 Å². The lowest BCUT2D eigenvalue weighted by Gasteiger charge is -1.98. The van der Waals surface area contributed by atoms with Gasteiger partial charge in [-0.2, -0.15) is 0 Å². The molecule has 1 aromatic carbocycles. The lowest BCUT2D eigenvalue weighted by atomic mass is 10.2. The van der Waals surface area contributed by atoms with Crippen molar-refractivity contribution in [2.24, 2.45) is 0 Å². The molecule has 0 radical (unpaired) electrons. The van der Waals surface area contributed by atoms with Gasteiger partial charge in [0, 0.05) is 10.4 Å². The van der Waals surface area contributed by atoms with Gasteiger partial charge in [-0.05, 0) is 56.3 Å². The summed E-state index contributed by atoms with van der Waals surface area (Å²) in [6, 6.07) is 7.73. The summed E-state index contributed by atoms with van der Waals surface area (Å²) in [5.41, 5.74) is 2.05. The highest BCUT2D eigenvalue weighted by Crippen LogP contribution is 2.26. The van der Waals surface area contributed by atoms with Gasteiger partial charge in [-0.15, -0.1) is 0 Å². The molecule has 0 spiro atoms. The van der Waals surface area contributed by atoms with Crippen molar-refractivity contribution >= 4 is 28.1 Å². The zero-order valence-corrected chi connectivity index (χ0v) is 11.6. The van der Waals surface area contributed by atoms with E-state index in [1.807, 2.05) is 24.3 Å². The van der Waals surface area contributed by atoms with Gasteiger partial charge < -0.3 is 9.73 Å². The van der Waals surface area contributed by atoms with Crippen molar-refractivity contribution in [2.75, 3.05) is 13.1 Å². The number of benzene rings is 1. The van der Waals surface area contributed by atoms with Crippen LogP contribution in [0.15, 0.2) is 34.8 Å². The van der Waals surface area contributed by atoms with E-state index in [9.17, 15) is 0 Å². The van der Waals surface area contributed by atoms with E-state index in [0.29, 0.717) is 0 Å². The normalized spacial score (nSPS) is 12.3. The first-order valence-electron chi connectivity index (χ1n) is 6.27. The predicted molar refractivity (Wildman–Crippen MR) is 78.0 cm³/mol. The maximum atomic E-state index is 5.96. The second-order valence-electron chi connectivity index (χ2n) is 4.32. The smallest absolute Gasteiger partial charge is 0.134 e. The maximum Gasteiger partial charge on any atom is 0.134 e. The molecular formula is C15H18ClNO. The summed E-state index contributed by atoms with van der Waals surface area (Å²) in [5.74, 6) is 0.920. The molecular weight excluding hydrogens is 246 g/mol. The van der Waals surface area contributed by atoms with Crippen LogP contribution in [0.5, 0.6) is 0 Å². The van der Waals surface area contributed by atoms with Crippen LogP contribution in [-0.2, 0) is 0 Å². The molecule has 2 aromatic rings. The molecule has 0 unspecified atom stereocenters. The number of hydrogen-bond donors (Lipinski definition) is 1. The molecule has 0 atom stereocenters. The Morgan fingerprint density at radius 1 is 1.39 bits per heavy atom. The average Bonchev–Trinajstić information content (AvgIpc) is 2.77. The number of hydrogen-bond acceptors (Lipinski definition) is 2. The first kappa shape index (κ1) is 13.2. The molecule has 1 heterocycles. The molecule has 0 bridgehead atoms. The van der Waals surface area contributed by atoms with E-state index in [4.69, 9.17) is 16.0 Å². The summed E-state index contributed by atoms with van der Waals surface area (Å²) in [5, 5.41) is 5.09. The summed E-state index contributed by atoms with van der Waals surface area (Å²) in [7, 11) is 0. The molecule has 18 heavy (non-hydrogen) atoms. The summed E-state index contributed by atoms with van der Waals surface area (Å²) in [6.07, 6.45) is 3.21. The summed E-state index contributed by atoms with van der Waals surface area (Å²) >= 11 is 5.96. The highest BCUT2D eigenvalue weighted by molar-refractivity contribution is 6.31. The maximum absolute atomic E-state index is 5.96. The minimum absolute atomic E-state index is 0.739. The highest BCUT2D eigenvalue weighted by Gasteiger charge is 2.05. The molecule has 0 aliphatic carbocycles. The topological polar surface area (TPSA) is 25.2 Å². The first-order valence-corrected chi connectivity index (χ1v) is 6.65. The van der Waals surface area contributed by atoms with Gasteiger partial charge in [0.05, 0.1) is 0 Å². The molecule has 0 aliphatic heterocycles. The predicted octanol–water partition coefficient (Wildman–Crippen LogP) is 4.49. The molecule has 96 valence electrons. The number of nitrogens with one attached hydrogen (secondary N) is 1. The Labute approximate surface area is 113 Å². The van der Waals surface area contributed by atoms with Gasteiger partial charge in [0.25, 0.3) is 0 Å². The van der Waals surface area contributed by atoms with Crippen molar-refractivity contribution < 1.29 is 4.42 Å². The van der Waals surface area contributed by atoms with Crippen LogP contribution in [0.3, 0.4) is 0 Å². The molecule has 0 amide bonds. The van der Waals surface area contributed by atoms with Gasteiger partial charge in [-0.3, -0.25) is 0 Å². The van der Waals surface area contributed by atoms with Crippen LogP contribution in [0.25, 0.3) is 16.5 Å². The second-order valence-corrected chi connectivity index (χ2v) is 4.76. The number of halogens is 1. The average molecular weight is 264 g/mol. The Hall–Kier alpha value is -1.25. The quantitative estimate of drug-likeness (QED) is 0.804. The summed E-state index contributed by atoms with van der Waals surface area (Å²) in [6.45, 7) is 6.20. The monoisotopic (exact) mass is 263 g/mol.